The van der Waals surface area contributed by atoms with E-state index in [1.54, 1.807) is 18.2 Å². The van der Waals surface area contributed by atoms with E-state index in [-0.39, 0.29) is 12.0 Å². The molecule has 1 amide bonds. The monoisotopic (exact) mass is 347 g/mol. The molecule has 1 aromatic heterocycles. The van der Waals surface area contributed by atoms with Crippen LogP contribution in [0.2, 0.25) is 5.02 Å². The first kappa shape index (κ1) is 16.8. The van der Waals surface area contributed by atoms with Crippen LogP contribution < -0.4 is 10.1 Å². The minimum absolute atomic E-state index is 0.00629. The summed E-state index contributed by atoms with van der Waals surface area (Å²) in [6, 6.07) is 5.29. The zero-order valence-electron chi connectivity index (χ0n) is 14.0. The van der Waals surface area contributed by atoms with Crippen molar-refractivity contribution in [2.24, 2.45) is 5.92 Å². The summed E-state index contributed by atoms with van der Waals surface area (Å²) >= 11 is 6.32. The first-order valence-corrected chi connectivity index (χ1v) is 8.65. The number of aryl methyl sites for hydroxylation is 1. The number of ether oxygens (including phenoxy) is 1. The third kappa shape index (κ3) is 3.73. The van der Waals surface area contributed by atoms with Gasteiger partial charge in [-0.1, -0.05) is 17.7 Å². The van der Waals surface area contributed by atoms with Gasteiger partial charge in [-0.25, -0.2) is 4.98 Å². The number of hydrogen-bond donors (Lipinski definition) is 1. The Morgan fingerprint density at radius 3 is 3.12 bits per heavy atom. The van der Waals surface area contributed by atoms with Gasteiger partial charge in [-0.3, -0.25) is 4.79 Å². The Morgan fingerprint density at radius 2 is 2.33 bits per heavy atom. The topological polar surface area (TPSA) is 56.1 Å². The molecule has 2 heterocycles. The molecule has 0 saturated heterocycles. The number of halogens is 1. The van der Waals surface area contributed by atoms with Gasteiger partial charge in [0.15, 0.2) is 0 Å². The average molecular weight is 348 g/mol. The number of carbonyl (C=O) groups excluding carboxylic acids is 1. The molecule has 1 unspecified atom stereocenters. The van der Waals surface area contributed by atoms with Crippen molar-refractivity contribution >= 4 is 17.5 Å². The molecule has 5 nitrogen and oxygen atoms in total. The standard InChI is InChI=1S/C18H22ClN3O2/c1-12(2)24-15-5-3-4-14(17(15)19)18(23)21-11-13-6-8-22-9-7-20-16(22)10-13/h3-5,7,9,12-13H,6,8,10-11H2,1-2H3,(H,21,23). The van der Waals surface area contributed by atoms with Gasteiger partial charge in [-0.15, -0.1) is 0 Å². The number of hydrogen-bond acceptors (Lipinski definition) is 3. The number of benzene rings is 1. The summed E-state index contributed by atoms with van der Waals surface area (Å²) in [6.45, 7) is 5.43. The first-order chi connectivity index (χ1) is 11.5. The molecule has 3 rings (SSSR count). The van der Waals surface area contributed by atoms with Gasteiger partial charge < -0.3 is 14.6 Å². The van der Waals surface area contributed by atoms with Crippen molar-refractivity contribution < 1.29 is 9.53 Å². The maximum atomic E-state index is 12.5. The van der Waals surface area contributed by atoms with E-state index < -0.39 is 0 Å². The second kappa shape index (κ2) is 7.26. The summed E-state index contributed by atoms with van der Waals surface area (Å²) in [5.41, 5.74) is 0.451. The van der Waals surface area contributed by atoms with E-state index in [0.717, 1.165) is 25.2 Å². The average Bonchev–Trinajstić information content (AvgIpc) is 3.02. The molecule has 0 spiro atoms. The molecule has 1 aliphatic heterocycles. The van der Waals surface area contributed by atoms with E-state index in [1.165, 1.54) is 0 Å². The van der Waals surface area contributed by atoms with Gasteiger partial charge >= 0.3 is 0 Å². The molecular formula is C18H22ClN3O2. The second-order valence-electron chi connectivity index (χ2n) is 6.39. The van der Waals surface area contributed by atoms with Crippen molar-refractivity contribution in [2.45, 2.75) is 39.3 Å². The smallest absolute Gasteiger partial charge is 0.252 e. The highest BCUT2D eigenvalue weighted by Gasteiger charge is 2.21. The number of nitrogens with zero attached hydrogens (tertiary/aromatic N) is 2. The van der Waals surface area contributed by atoms with E-state index in [4.69, 9.17) is 16.3 Å². The fraction of sp³-hybridized carbons (Fsp3) is 0.444. The normalized spacial score (nSPS) is 16.8. The molecule has 128 valence electrons. The lowest BCUT2D eigenvalue weighted by Crippen LogP contribution is -2.33. The van der Waals surface area contributed by atoms with Crippen LogP contribution in [0.25, 0.3) is 0 Å². The van der Waals surface area contributed by atoms with Crippen LogP contribution in [0, 0.1) is 5.92 Å². The maximum absolute atomic E-state index is 12.5. The van der Waals surface area contributed by atoms with Crippen LogP contribution >= 0.6 is 11.6 Å². The van der Waals surface area contributed by atoms with Crippen LogP contribution in [0.3, 0.4) is 0 Å². The number of amides is 1. The Balaban J connectivity index is 1.61. The van der Waals surface area contributed by atoms with E-state index >= 15 is 0 Å². The predicted octanol–water partition coefficient (Wildman–Crippen LogP) is 3.32. The molecule has 0 saturated carbocycles. The van der Waals surface area contributed by atoms with Crippen molar-refractivity contribution in [1.82, 2.24) is 14.9 Å². The van der Waals surface area contributed by atoms with Crippen molar-refractivity contribution in [2.75, 3.05) is 6.54 Å². The Morgan fingerprint density at radius 1 is 1.50 bits per heavy atom. The molecule has 0 bridgehead atoms. The van der Waals surface area contributed by atoms with Crippen LogP contribution in [-0.4, -0.2) is 28.1 Å². The summed E-state index contributed by atoms with van der Waals surface area (Å²) in [7, 11) is 0. The van der Waals surface area contributed by atoms with E-state index in [1.807, 2.05) is 26.2 Å². The largest absolute Gasteiger partial charge is 0.489 e. The highest BCUT2D eigenvalue weighted by molar-refractivity contribution is 6.35. The molecule has 1 atom stereocenters. The highest BCUT2D eigenvalue weighted by atomic mass is 35.5. The van der Waals surface area contributed by atoms with E-state index in [0.29, 0.717) is 28.8 Å². The fourth-order valence-corrected chi connectivity index (χ4v) is 3.21. The molecular weight excluding hydrogens is 326 g/mol. The van der Waals surface area contributed by atoms with Crippen LogP contribution in [0.15, 0.2) is 30.6 Å². The van der Waals surface area contributed by atoms with Crippen molar-refractivity contribution in [3.63, 3.8) is 0 Å². The number of rotatable bonds is 5. The van der Waals surface area contributed by atoms with Crippen molar-refractivity contribution in [3.05, 3.63) is 47.0 Å². The van der Waals surface area contributed by atoms with Crippen LogP contribution in [-0.2, 0) is 13.0 Å². The SMILES string of the molecule is CC(C)Oc1cccc(C(=O)NCC2CCn3ccnc3C2)c1Cl. The molecule has 1 aromatic carbocycles. The lowest BCUT2D eigenvalue weighted by atomic mass is 9.97. The third-order valence-corrected chi connectivity index (χ3v) is 4.56. The second-order valence-corrected chi connectivity index (χ2v) is 6.77. The van der Waals surface area contributed by atoms with Crippen molar-refractivity contribution in [1.29, 1.82) is 0 Å². The Labute approximate surface area is 147 Å². The zero-order valence-corrected chi connectivity index (χ0v) is 14.7. The minimum atomic E-state index is -0.164. The summed E-state index contributed by atoms with van der Waals surface area (Å²) in [5.74, 6) is 1.87. The summed E-state index contributed by atoms with van der Waals surface area (Å²) in [5, 5.41) is 3.36. The molecule has 0 aliphatic carbocycles. The van der Waals surface area contributed by atoms with Gasteiger partial charge in [-0.05, 0) is 38.3 Å². The van der Waals surface area contributed by atoms with Gasteiger partial charge in [0.25, 0.3) is 5.91 Å². The van der Waals surface area contributed by atoms with Gasteiger partial charge in [0, 0.05) is 31.9 Å². The molecule has 0 fully saturated rings. The maximum Gasteiger partial charge on any atom is 0.252 e. The van der Waals surface area contributed by atoms with Crippen LogP contribution in [0.1, 0.15) is 36.5 Å². The summed E-state index contributed by atoms with van der Waals surface area (Å²) in [6.07, 6.45) is 5.76. The summed E-state index contributed by atoms with van der Waals surface area (Å²) in [4.78, 5) is 16.8. The Kier molecular flexibility index (Phi) is 5.09. The molecule has 1 N–H and O–H groups in total. The fourth-order valence-electron chi connectivity index (χ4n) is 2.95. The Bertz CT molecular complexity index is 727. The Hall–Kier alpha value is -2.01. The molecule has 6 heteroatoms. The van der Waals surface area contributed by atoms with E-state index in [2.05, 4.69) is 14.9 Å². The lowest BCUT2D eigenvalue weighted by Gasteiger charge is -2.23. The highest BCUT2D eigenvalue weighted by Crippen LogP contribution is 2.29. The molecule has 2 aromatic rings. The lowest BCUT2D eigenvalue weighted by molar-refractivity contribution is 0.0944. The number of nitrogens with one attached hydrogen (secondary N) is 1. The quantitative estimate of drug-likeness (QED) is 0.902. The van der Waals surface area contributed by atoms with Crippen molar-refractivity contribution in [3.8, 4) is 5.75 Å². The minimum Gasteiger partial charge on any atom is -0.489 e. The van der Waals surface area contributed by atoms with Crippen LogP contribution in [0.5, 0.6) is 5.75 Å². The molecule has 0 radical (unpaired) electrons. The zero-order chi connectivity index (χ0) is 17.1. The predicted molar refractivity (Wildman–Crippen MR) is 93.6 cm³/mol. The number of imidazole rings is 1. The van der Waals surface area contributed by atoms with Gasteiger partial charge in [0.05, 0.1) is 16.7 Å². The van der Waals surface area contributed by atoms with E-state index in [9.17, 15) is 4.79 Å². The number of aromatic nitrogens is 2. The first-order valence-electron chi connectivity index (χ1n) is 8.28. The van der Waals surface area contributed by atoms with Gasteiger partial charge in [-0.2, -0.15) is 0 Å². The summed E-state index contributed by atoms with van der Waals surface area (Å²) < 4.78 is 7.81. The van der Waals surface area contributed by atoms with Gasteiger partial charge in [0.2, 0.25) is 0 Å². The molecule has 1 aliphatic rings. The number of fused-ring (bicyclic) bond motifs is 1. The molecule has 24 heavy (non-hydrogen) atoms. The third-order valence-electron chi connectivity index (χ3n) is 4.17. The van der Waals surface area contributed by atoms with Crippen LogP contribution in [0.4, 0.5) is 0 Å². The van der Waals surface area contributed by atoms with Gasteiger partial charge in [0.1, 0.15) is 11.6 Å². The number of carbonyl (C=O) groups is 1.